The molecule has 2 aromatic rings. The van der Waals surface area contributed by atoms with Crippen LogP contribution in [0.15, 0.2) is 60.7 Å². The van der Waals surface area contributed by atoms with Gasteiger partial charge in [0.05, 0.1) is 23.3 Å². The van der Waals surface area contributed by atoms with Gasteiger partial charge in [0.1, 0.15) is 5.82 Å². The third kappa shape index (κ3) is 3.70. The van der Waals surface area contributed by atoms with Crippen LogP contribution in [0.2, 0.25) is 0 Å². The van der Waals surface area contributed by atoms with E-state index >= 15 is 0 Å². The zero-order valence-electron chi connectivity index (χ0n) is 16.3. The van der Waals surface area contributed by atoms with Crippen molar-refractivity contribution in [2.24, 2.45) is 11.8 Å². The van der Waals surface area contributed by atoms with Crippen LogP contribution >= 0.6 is 0 Å². The standard InChI is InChI=1S/C22H18FN3O5/c23-19-8-4-1-5-15(19)13-24(20(27)14-9-11-16(12-10-14)26(30)31)25-21(28)17-6-2-3-7-18(17)22(25)29/h1-5,8-12,17-18H,6-7,13H2/t17-,18-/m1/s1. The summed E-state index contributed by atoms with van der Waals surface area (Å²) in [6, 6.07) is 10.6. The zero-order chi connectivity index (χ0) is 22.1. The van der Waals surface area contributed by atoms with Crippen LogP contribution < -0.4 is 0 Å². The highest BCUT2D eigenvalue weighted by molar-refractivity contribution is 6.08. The van der Waals surface area contributed by atoms with E-state index in [1.165, 1.54) is 30.3 Å². The molecule has 4 rings (SSSR count). The lowest BCUT2D eigenvalue weighted by atomic mass is 9.85. The Morgan fingerprint density at radius 1 is 1.03 bits per heavy atom. The van der Waals surface area contributed by atoms with Crippen molar-refractivity contribution >= 4 is 23.4 Å². The summed E-state index contributed by atoms with van der Waals surface area (Å²) >= 11 is 0. The monoisotopic (exact) mass is 423 g/mol. The van der Waals surface area contributed by atoms with Crippen LogP contribution in [0.4, 0.5) is 10.1 Å². The van der Waals surface area contributed by atoms with Crippen molar-refractivity contribution in [1.82, 2.24) is 10.0 Å². The number of carbonyl (C=O) groups excluding carboxylic acids is 3. The second-order valence-corrected chi connectivity index (χ2v) is 7.40. The summed E-state index contributed by atoms with van der Waals surface area (Å²) < 4.78 is 14.3. The van der Waals surface area contributed by atoms with Crippen LogP contribution in [0.1, 0.15) is 28.8 Å². The average Bonchev–Trinajstić information content (AvgIpc) is 3.03. The maximum atomic E-state index is 14.3. The van der Waals surface area contributed by atoms with Gasteiger partial charge in [0.2, 0.25) is 0 Å². The molecule has 2 aromatic carbocycles. The summed E-state index contributed by atoms with van der Waals surface area (Å²) in [7, 11) is 0. The van der Waals surface area contributed by atoms with Crippen molar-refractivity contribution in [2.45, 2.75) is 19.4 Å². The summed E-state index contributed by atoms with van der Waals surface area (Å²) in [6.07, 6.45) is 4.44. The maximum absolute atomic E-state index is 14.3. The van der Waals surface area contributed by atoms with Crippen molar-refractivity contribution in [1.29, 1.82) is 0 Å². The Balaban J connectivity index is 1.72. The van der Waals surface area contributed by atoms with Crippen LogP contribution in [0.5, 0.6) is 0 Å². The molecule has 0 aromatic heterocycles. The van der Waals surface area contributed by atoms with Crippen molar-refractivity contribution < 1.29 is 23.7 Å². The Kier molecular flexibility index (Phi) is 5.33. The number of non-ortho nitro benzene ring substituents is 1. The second kappa shape index (κ2) is 8.10. The molecule has 1 aliphatic carbocycles. The number of hydrogen-bond acceptors (Lipinski definition) is 5. The van der Waals surface area contributed by atoms with Crippen LogP contribution in [-0.4, -0.2) is 32.7 Å². The fourth-order valence-corrected chi connectivity index (χ4v) is 3.92. The molecule has 0 saturated carbocycles. The van der Waals surface area contributed by atoms with Gasteiger partial charge in [-0.3, -0.25) is 24.5 Å². The molecule has 3 amide bonds. The minimum absolute atomic E-state index is 0.0375. The minimum atomic E-state index is -0.730. The van der Waals surface area contributed by atoms with Gasteiger partial charge in [-0.25, -0.2) is 9.40 Å². The van der Waals surface area contributed by atoms with Crippen molar-refractivity contribution in [2.75, 3.05) is 0 Å². The summed E-state index contributed by atoms with van der Waals surface area (Å²) in [5, 5.41) is 12.7. The van der Waals surface area contributed by atoms with Crippen LogP contribution in [0.25, 0.3) is 0 Å². The lowest BCUT2D eigenvalue weighted by Gasteiger charge is -2.30. The summed E-state index contributed by atoms with van der Waals surface area (Å²) in [6.45, 7) is -0.340. The first kappa shape index (κ1) is 20.4. The smallest absolute Gasteiger partial charge is 0.272 e. The normalized spacial score (nSPS) is 20.0. The van der Waals surface area contributed by atoms with E-state index in [-0.39, 0.29) is 23.4 Å². The number of nitro groups is 1. The highest BCUT2D eigenvalue weighted by atomic mass is 19.1. The predicted molar refractivity (Wildman–Crippen MR) is 107 cm³/mol. The van der Waals surface area contributed by atoms with Crippen LogP contribution in [0.3, 0.4) is 0 Å². The third-order valence-electron chi connectivity index (χ3n) is 5.56. The first-order valence-corrected chi connectivity index (χ1v) is 9.71. The van der Waals surface area contributed by atoms with Crippen molar-refractivity contribution in [3.63, 3.8) is 0 Å². The van der Waals surface area contributed by atoms with Crippen molar-refractivity contribution in [3.05, 3.63) is 87.7 Å². The number of halogens is 1. The number of hydrazine groups is 1. The van der Waals surface area contributed by atoms with Gasteiger partial charge in [0.15, 0.2) is 0 Å². The van der Waals surface area contributed by atoms with Gasteiger partial charge in [0.25, 0.3) is 23.4 Å². The Morgan fingerprint density at radius 2 is 1.61 bits per heavy atom. The molecule has 1 heterocycles. The summed E-state index contributed by atoms with van der Waals surface area (Å²) in [5.41, 5.74) is -0.0375. The molecular weight excluding hydrogens is 405 g/mol. The molecule has 1 saturated heterocycles. The third-order valence-corrected chi connectivity index (χ3v) is 5.56. The molecular formula is C22H18FN3O5. The molecule has 0 bridgehead atoms. The van der Waals surface area contributed by atoms with Crippen LogP contribution in [0, 0.1) is 27.8 Å². The lowest BCUT2D eigenvalue weighted by molar-refractivity contribution is -0.384. The Labute approximate surface area is 176 Å². The predicted octanol–water partition coefficient (Wildman–Crippen LogP) is 3.24. The Hall–Kier alpha value is -3.88. The molecule has 0 spiro atoms. The minimum Gasteiger partial charge on any atom is -0.272 e. The van der Waals surface area contributed by atoms with E-state index in [1.807, 2.05) is 12.2 Å². The maximum Gasteiger partial charge on any atom is 0.273 e. The lowest BCUT2D eigenvalue weighted by Crippen LogP contribution is -2.50. The number of hydrogen-bond donors (Lipinski definition) is 0. The van der Waals surface area contributed by atoms with E-state index in [4.69, 9.17) is 0 Å². The summed E-state index contributed by atoms with van der Waals surface area (Å²) in [5.74, 6) is -3.46. The van der Waals surface area contributed by atoms with Gasteiger partial charge >= 0.3 is 0 Å². The Bertz CT molecular complexity index is 1070. The molecule has 0 radical (unpaired) electrons. The van der Waals surface area contributed by atoms with E-state index in [1.54, 1.807) is 6.07 Å². The second-order valence-electron chi connectivity index (χ2n) is 7.40. The number of nitro benzene ring substituents is 1. The molecule has 2 aliphatic rings. The zero-order valence-corrected chi connectivity index (χ0v) is 16.3. The van der Waals surface area contributed by atoms with Gasteiger partial charge in [-0.05, 0) is 31.0 Å². The van der Waals surface area contributed by atoms with E-state index in [0.717, 1.165) is 22.2 Å². The number of nitrogens with zero attached hydrogens (tertiary/aromatic N) is 3. The fourth-order valence-electron chi connectivity index (χ4n) is 3.92. The molecule has 9 heteroatoms. The molecule has 2 atom stereocenters. The molecule has 1 fully saturated rings. The number of imide groups is 1. The van der Waals surface area contributed by atoms with E-state index in [9.17, 15) is 28.9 Å². The van der Waals surface area contributed by atoms with Gasteiger partial charge in [-0.1, -0.05) is 30.4 Å². The number of amides is 3. The van der Waals surface area contributed by atoms with Crippen molar-refractivity contribution in [3.8, 4) is 0 Å². The summed E-state index contributed by atoms with van der Waals surface area (Å²) in [4.78, 5) is 49.7. The SMILES string of the molecule is O=C(c1ccc([N+](=O)[O-])cc1)N(Cc1ccccc1F)N1C(=O)[C@@H]2CC=CC[C@H]2C1=O. The quantitative estimate of drug-likeness (QED) is 0.318. The number of fused-ring (bicyclic) bond motifs is 1. The first-order valence-electron chi connectivity index (χ1n) is 9.71. The average molecular weight is 423 g/mol. The van der Waals surface area contributed by atoms with Gasteiger partial charge in [-0.2, -0.15) is 5.01 Å². The topological polar surface area (TPSA) is 101 Å². The van der Waals surface area contributed by atoms with Gasteiger partial charge in [-0.15, -0.1) is 0 Å². The molecule has 0 N–H and O–H groups in total. The Morgan fingerprint density at radius 3 is 2.16 bits per heavy atom. The molecule has 1 aliphatic heterocycles. The van der Waals surface area contributed by atoms with Gasteiger partial charge in [0, 0.05) is 23.3 Å². The molecule has 0 unspecified atom stereocenters. The van der Waals surface area contributed by atoms with Gasteiger partial charge < -0.3 is 0 Å². The number of benzene rings is 2. The number of rotatable bonds is 5. The number of allylic oxidation sites excluding steroid dienone is 2. The number of carbonyl (C=O) groups is 3. The highest BCUT2D eigenvalue weighted by Gasteiger charge is 2.50. The van der Waals surface area contributed by atoms with E-state index < -0.39 is 40.3 Å². The molecule has 31 heavy (non-hydrogen) atoms. The van der Waals surface area contributed by atoms with E-state index in [2.05, 4.69) is 0 Å². The van der Waals surface area contributed by atoms with Crippen LogP contribution in [-0.2, 0) is 16.1 Å². The first-order chi connectivity index (χ1) is 14.9. The van der Waals surface area contributed by atoms with E-state index in [0.29, 0.717) is 12.8 Å². The fraction of sp³-hybridized carbons (Fsp3) is 0.227. The molecule has 8 nitrogen and oxygen atoms in total. The largest absolute Gasteiger partial charge is 0.273 e. The molecule has 158 valence electrons. The highest BCUT2D eigenvalue weighted by Crippen LogP contribution is 2.36.